The van der Waals surface area contributed by atoms with Gasteiger partial charge in [-0.15, -0.1) is 0 Å². The standard InChI is InChI=1S/C22H25N/c1-6-20-16(5)22-15(4)10-19(23)11-18(22)12-21(20)17-8-7-13(2)14(3)9-17/h7-11H,5-6,12,23H2,1-4H3. The third kappa shape index (κ3) is 2.61. The molecule has 3 rings (SSSR count). The first kappa shape index (κ1) is 15.6. The lowest BCUT2D eigenvalue weighted by Gasteiger charge is -2.27. The van der Waals surface area contributed by atoms with Crippen molar-refractivity contribution in [3.63, 3.8) is 0 Å². The summed E-state index contributed by atoms with van der Waals surface area (Å²) in [6, 6.07) is 10.9. The van der Waals surface area contributed by atoms with Gasteiger partial charge >= 0.3 is 0 Å². The van der Waals surface area contributed by atoms with Crippen LogP contribution in [0.5, 0.6) is 0 Å². The molecule has 0 fully saturated rings. The summed E-state index contributed by atoms with van der Waals surface area (Å²) in [6.07, 6.45) is 1.94. The summed E-state index contributed by atoms with van der Waals surface area (Å²) in [5.74, 6) is 0. The Bertz CT molecular complexity index is 837. The summed E-state index contributed by atoms with van der Waals surface area (Å²) in [6.45, 7) is 13.1. The van der Waals surface area contributed by atoms with Gasteiger partial charge in [0.15, 0.2) is 0 Å². The van der Waals surface area contributed by atoms with Crippen LogP contribution in [0.1, 0.15) is 46.7 Å². The lowest BCUT2D eigenvalue weighted by molar-refractivity contribution is 1.09. The van der Waals surface area contributed by atoms with E-state index in [1.807, 2.05) is 0 Å². The molecule has 0 atom stereocenters. The zero-order valence-corrected chi connectivity index (χ0v) is 14.6. The van der Waals surface area contributed by atoms with Crippen molar-refractivity contribution >= 4 is 16.8 Å². The molecule has 2 aromatic rings. The quantitative estimate of drug-likeness (QED) is 0.715. The zero-order valence-electron chi connectivity index (χ0n) is 14.6. The molecule has 1 aliphatic rings. The minimum atomic E-state index is 0.841. The van der Waals surface area contributed by atoms with Gasteiger partial charge < -0.3 is 5.73 Å². The molecule has 2 N–H and O–H groups in total. The van der Waals surface area contributed by atoms with Crippen molar-refractivity contribution in [3.8, 4) is 0 Å². The summed E-state index contributed by atoms with van der Waals surface area (Å²) in [5.41, 5.74) is 18.7. The number of nitrogens with two attached hydrogens (primary N) is 1. The first-order chi connectivity index (χ1) is 10.9. The van der Waals surface area contributed by atoms with Gasteiger partial charge in [-0.05, 0) is 95.8 Å². The van der Waals surface area contributed by atoms with Crippen molar-refractivity contribution in [1.82, 2.24) is 0 Å². The van der Waals surface area contributed by atoms with Gasteiger partial charge in [-0.1, -0.05) is 31.7 Å². The second-order valence-electron chi connectivity index (χ2n) is 6.64. The van der Waals surface area contributed by atoms with E-state index in [1.165, 1.54) is 50.1 Å². The summed E-state index contributed by atoms with van der Waals surface area (Å²) in [4.78, 5) is 0. The van der Waals surface area contributed by atoms with E-state index in [0.717, 1.165) is 18.5 Å². The van der Waals surface area contributed by atoms with Crippen molar-refractivity contribution in [2.75, 3.05) is 5.73 Å². The normalized spacial score (nSPS) is 14.2. The lowest BCUT2D eigenvalue weighted by atomic mass is 9.77. The predicted octanol–water partition coefficient (Wildman–Crippen LogP) is 5.63. The van der Waals surface area contributed by atoms with Crippen LogP contribution < -0.4 is 5.73 Å². The van der Waals surface area contributed by atoms with Gasteiger partial charge in [-0.2, -0.15) is 0 Å². The third-order valence-corrected chi connectivity index (χ3v) is 5.05. The van der Waals surface area contributed by atoms with Crippen LogP contribution in [0.2, 0.25) is 0 Å². The van der Waals surface area contributed by atoms with Crippen LogP contribution in [0.4, 0.5) is 5.69 Å². The minimum absolute atomic E-state index is 0.841. The maximum atomic E-state index is 6.08. The van der Waals surface area contributed by atoms with E-state index in [4.69, 9.17) is 5.73 Å². The van der Waals surface area contributed by atoms with E-state index in [2.05, 4.69) is 64.6 Å². The molecule has 0 saturated heterocycles. The molecule has 0 aliphatic heterocycles. The van der Waals surface area contributed by atoms with E-state index in [0.29, 0.717) is 0 Å². The van der Waals surface area contributed by atoms with Crippen molar-refractivity contribution in [2.24, 2.45) is 0 Å². The predicted molar refractivity (Wildman–Crippen MR) is 101 cm³/mol. The fourth-order valence-corrected chi connectivity index (χ4v) is 3.72. The van der Waals surface area contributed by atoms with Crippen molar-refractivity contribution in [1.29, 1.82) is 0 Å². The molecular weight excluding hydrogens is 278 g/mol. The molecule has 0 heterocycles. The third-order valence-electron chi connectivity index (χ3n) is 5.05. The lowest BCUT2D eigenvalue weighted by Crippen LogP contribution is -2.10. The van der Waals surface area contributed by atoms with Gasteiger partial charge in [0.25, 0.3) is 0 Å². The summed E-state index contributed by atoms with van der Waals surface area (Å²) in [5, 5.41) is 0. The highest BCUT2D eigenvalue weighted by Gasteiger charge is 2.23. The first-order valence-corrected chi connectivity index (χ1v) is 8.30. The number of benzene rings is 2. The van der Waals surface area contributed by atoms with Gasteiger partial charge in [0.2, 0.25) is 0 Å². The average Bonchev–Trinajstić information content (AvgIpc) is 2.49. The number of hydrogen-bond donors (Lipinski definition) is 1. The molecule has 23 heavy (non-hydrogen) atoms. The van der Waals surface area contributed by atoms with Gasteiger partial charge in [-0.3, -0.25) is 0 Å². The molecular formula is C22H25N. The van der Waals surface area contributed by atoms with Gasteiger partial charge in [0, 0.05) is 5.69 Å². The second kappa shape index (κ2) is 5.73. The number of allylic oxidation sites excluding steroid dienone is 3. The van der Waals surface area contributed by atoms with Gasteiger partial charge in [0.05, 0.1) is 0 Å². The summed E-state index contributed by atoms with van der Waals surface area (Å²) >= 11 is 0. The molecule has 0 aromatic heterocycles. The molecule has 1 aliphatic carbocycles. The van der Waals surface area contributed by atoms with E-state index in [1.54, 1.807) is 0 Å². The van der Waals surface area contributed by atoms with Crippen molar-refractivity contribution in [2.45, 2.75) is 40.5 Å². The van der Waals surface area contributed by atoms with Crippen LogP contribution in [-0.4, -0.2) is 0 Å². The Balaban J connectivity index is 2.20. The highest BCUT2D eigenvalue weighted by molar-refractivity contribution is 5.95. The molecule has 0 saturated carbocycles. The number of hydrogen-bond acceptors (Lipinski definition) is 1. The van der Waals surface area contributed by atoms with E-state index >= 15 is 0 Å². The van der Waals surface area contributed by atoms with Crippen LogP contribution in [0, 0.1) is 20.8 Å². The highest BCUT2D eigenvalue weighted by atomic mass is 14.5. The van der Waals surface area contributed by atoms with Crippen molar-refractivity contribution in [3.05, 3.63) is 75.9 Å². The highest BCUT2D eigenvalue weighted by Crippen LogP contribution is 2.42. The van der Waals surface area contributed by atoms with Crippen LogP contribution in [-0.2, 0) is 6.42 Å². The average molecular weight is 303 g/mol. The maximum absolute atomic E-state index is 6.08. The van der Waals surface area contributed by atoms with Crippen LogP contribution in [0.15, 0.2) is 42.5 Å². The Kier molecular flexibility index (Phi) is 3.89. The molecule has 2 aromatic carbocycles. The fourth-order valence-electron chi connectivity index (χ4n) is 3.72. The summed E-state index contributed by atoms with van der Waals surface area (Å²) in [7, 11) is 0. The van der Waals surface area contributed by atoms with Crippen LogP contribution in [0.25, 0.3) is 11.1 Å². The Hall–Kier alpha value is -2.28. The monoisotopic (exact) mass is 303 g/mol. The van der Waals surface area contributed by atoms with E-state index in [-0.39, 0.29) is 0 Å². The number of nitrogen functional groups attached to an aromatic ring is 1. The number of fused-ring (bicyclic) bond motifs is 1. The number of aryl methyl sites for hydroxylation is 3. The van der Waals surface area contributed by atoms with Crippen molar-refractivity contribution < 1.29 is 0 Å². The molecule has 1 nitrogen and oxygen atoms in total. The molecule has 118 valence electrons. The molecule has 0 amide bonds. The fraction of sp³-hybridized carbons (Fsp3) is 0.273. The number of rotatable bonds is 2. The van der Waals surface area contributed by atoms with Crippen LogP contribution >= 0.6 is 0 Å². The second-order valence-corrected chi connectivity index (χ2v) is 6.64. The SMILES string of the molecule is C=C1C(CC)=C(c2ccc(C)c(C)c2)Cc2cc(N)cc(C)c21. The zero-order chi connectivity index (χ0) is 16.7. The Morgan fingerprint density at radius 2 is 1.74 bits per heavy atom. The Morgan fingerprint density at radius 3 is 2.39 bits per heavy atom. The molecule has 1 heteroatoms. The first-order valence-electron chi connectivity index (χ1n) is 8.30. The Labute approximate surface area is 139 Å². The van der Waals surface area contributed by atoms with E-state index < -0.39 is 0 Å². The smallest absolute Gasteiger partial charge is 0.0319 e. The molecule has 0 spiro atoms. The largest absolute Gasteiger partial charge is 0.399 e. The Morgan fingerprint density at radius 1 is 1.00 bits per heavy atom. The minimum Gasteiger partial charge on any atom is -0.399 e. The van der Waals surface area contributed by atoms with Crippen LogP contribution in [0.3, 0.4) is 0 Å². The summed E-state index contributed by atoms with van der Waals surface area (Å²) < 4.78 is 0. The van der Waals surface area contributed by atoms with Gasteiger partial charge in [0.1, 0.15) is 0 Å². The van der Waals surface area contributed by atoms with E-state index in [9.17, 15) is 0 Å². The molecule has 0 bridgehead atoms. The molecule has 0 radical (unpaired) electrons. The molecule has 0 unspecified atom stereocenters. The maximum Gasteiger partial charge on any atom is 0.0319 e. The number of anilines is 1. The van der Waals surface area contributed by atoms with Gasteiger partial charge in [-0.25, -0.2) is 0 Å². The topological polar surface area (TPSA) is 26.0 Å².